The molecule has 2 amide bonds. The van der Waals surface area contributed by atoms with Gasteiger partial charge in [-0.25, -0.2) is 0 Å². The Hall–Kier alpha value is -0.0300. The largest absolute Gasteiger partial charge is 0.288 e. The second-order valence-corrected chi connectivity index (χ2v) is 4.22. The fourth-order valence-corrected chi connectivity index (χ4v) is 2.11. The van der Waals surface area contributed by atoms with Gasteiger partial charge in [-0.3, -0.25) is 14.5 Å². The first-order valence-corrected chi connectivity index (χ1v) is 5.89. The van der Waals surface area contributed by atoms with Crippen LogP contribution in [0.15, 0.2) is 0 Å². The quantitative estimate of drug-likeness (QED) is 0.566. The van der Waals surface area contributed by atoms with Crippen LogP contribution < -0.4 is 0 Å². The highest BCUT2D eigenvalue weighted by molar-refractivity contribution is 9.09. The Kier molecular flexibility index (Phi) is 4.08. The second-order valence-electron chi connectivity index (χ2n) is 2.50. The molecule has 0 bridgehead atoms. The molecule has 1 saturated heterocycles. The van der Waals surface area contributed by atoms with E-state index >= 15 is 0 Å². The zero-order valence-electron chi connectivity index (χ0n) is 6.59. The first-order valence-electron chi connectivity index (χ1n) is 3.79. The number of imide groups is 1. The number of nitrogens with zero attached hydrogens (tertiary/aromatic N) is 1. The minimum absolute atomic E-state index is 0.0421. The molecule has 0 aliphatic carbocycles. The summed E-state index contributed by atoms with van der Waals surface area (Å²) in [7, 11) is 0. The lowest BCUT2D eigenvalue weighted by atomic mass is 10.3. The van der Waals surface area contributed by atoms with Gasteiger partial charge in [0, 0.05) is 11.9 Å². The number of rotatable bonds is 4. The molecule has 0 N–H and O–H groups in total. The smallest absolute Gasteiger partial charge is 0.273 e. The third kappa shape index (κ3) is 2.48. The van der Waals surface area contributed by atoms with E-state index in [-0.39, 0.29) is 11.1 Å². The SMILES string of the molecule is O=C1CSC(=O)N1CCCCBr. The predicted octanol–water partition coefficient (Wildman–Crippen LogP) is 1.86. The van der Waals surface area contributed by atoms with Crippen molar-refractivity contribution < 1.29 is 9.59 Å². The molecule has 1 aliphatic heterocycles. The highest BCUT2D eigenvalue weighted by Crippen LogP contribution is 2.18. The molecular weight excluding hydrogens is 242 g/mol. The first kappa shape index (κ1) is 10.1. The molecule has 0 unspecified atom stereocenters. The molecule has 1 aliphatic rings. The van der Waals surface area contributed by atoms with E-state index < -0.39 is 0 Å². The Balaban J connectivity index is 2.30. The summed E-state index contributed by atoms with van der Waals surface area (Å²) >= 11 is 4.39. The van der Waals surface area contributed by atoms with E-state index in [1.807, 2.05) is 0 Å². The summed E-state index contributed by atoms with van der Waals surface area (Å²) in [6.45, 7) is 0.580. The molecular formula is C7H10BrNO2S. The highest BCUT2D eigenvalue weighted by Gasteiger charge is 2.28. The third-order valence-electron chi connectivity index (χ3n) is 1.61. The summed E-state index contributed by atoms with van der Waals surface area (Å²) in [4.78, 5) is 23.4. The Bertz CT molecular complexity index is 182. The van der Waals surface area contributed by atoms with Crippen LogP contribution in [0.3, 0.4) is 0 Å². The minimum Gasteiger partial charge on any atom is -0.273 e. The van der Waals surface area contributed by atoms with Crippen molar-refractivity contribution in [2.24, 2.45) is 0 Å². The van der Waals surface area contributed by atoms with Crippen LogP contribution in [0, 0.1) is 0 Å². The summed E-state index contributed by atoms with van der Waals surface area (Å²) in [5.74, 6) is 0.284. The lowest BCUT2D eigenvalue weighted by Crippen LogP contribution is -2.29. The van der Waals surface area contributed by atoms with Crippen molar-refractivity contribution in [1.29, 1.82) is 0 Å². The topological polar surface area (TPSA) is 37.4 Å². The number of carbonyl (C=O) groups excluding carboxylic acids is 2. The number of hydrogen-bond donors (Lipinski definition) is 0. The number of halogens is 1. The van der Waals surface area contributed by atoms with Gasteiger partial charge in [-0.05, 0) is 12.8 Å². The molecule has 0 aromatic rings. The van der Waals surface area contributed by atoms with Gasteiger partial charge in [0.15, 0.2) is 0 Å². The van der Waals surface area contributed by atoms with Crippen LogP contribution in [0.25, 0.3) is 0 Å². The van der Waals surface area contributed by atoms with Crippen LogP contribution in [-0.2, 0) is 4.79 Å². The van der Waals surface area contributed by atoms with Crippen molar-refractivity contribution in [3.63, 3.8) is 0 Å². The molecule has 1 fully saturated rings. The van der Waals surface area contributed by atoms with E-state index in [1.54, 1.807) is 0 Å². The molecule has 0 aromatic carbocycles. The van der Waals surface area contributed by atoms with Gasteiger partial charge in [0.2, 0.25) is 5.91 Å². The van der Waals surface area contributed by atoms with Gasteiger partial charge >= 0.3 is 0 Å². The van der Waals surface area contributed by atoms with Gasteiger partial charge in [0.05, 0.1) is 5.75 Å². The van der Waals surface area contributed by atoms with E-state index in [0.29, 0.717) is 12.3 Å². The molecule has 12 heavy (non-hydrogen) atoms. The molecule has 0 atom stereocenters. The monoisotopic (exact) mass is 251 g/mol. The molecule has 0 spiro atoms. The average molecular weight is 252 g/mol. The number of hydrogen-bond acceptors (Lipinski definition) is 3. The van der Waals surface area contributed by atoms with E-state index in [2.05, 4.69) is 15.9 Å². The van der Waals surface area contributed by atoms with Gasteiger partial charge in [0.25, 0.3) is 5.24 Å². The number of unbranched alkanes of at least 4 members (excludes halogenated alkanes) is 1. The maximum atomic E-state index is 11.1. The summed E-state index contributed by atoms with van der Waals surface area (Å²) in [6, 6.07) is 0. The fraction of sp³-hybridized carbons (Fsp3) is 0.714. The third-order valence-corrected chi connectivity index (χ3v) is 3.03. The minimum atomic E-state index is -0.0884. The van der Waals surface area contributed by atoms with Crippen LogP contribution in [0.1, 0.15) is 12.8 Å². The zero-order chi connectivity index (χ0) is 8.97. The van der Waals surface area contributed by atoms with Crippen LogP contribution in [0.4, 0.5) is 4.79 Å². The van der Waals surface area contributed by atoms with Gasteiger partial charge in [-0.1, -0.05) is 27.7 Å². The molecule has 68 valence electrons. The van der Waals surface area contributed by atoms with Crippen LogP contribution in [0.5, 0.6) is 0 Å². The Morgan fingerprint density at radius 2 is 2.17 bits per heavy atom. The summed E-state index contributed by atoms with van der Waals surface area (Å²) in [5.41, 5.74) is 0. The van der Waals surface area contributed by atoms with E-state index in [1.165, 1.54) is 4.90 Å². The molecule has 1 rings (SSSR count). The van der Waals surface area contributed by atoms with Crippen molar-refractivity contribution in [2.45, 2.75) is 12.8 Å². The number of thioether (sulfide) groups is 1. The number of alkyl halides is 1. The molecule has 0 aromatic heterocycles. The molecule has 1 heterocycles. The predicted molar refractivity (Wildman–Crippen MR) is 52.6 cm³/mol. The highest BCUT2D eigenvalue weighted by atomic mass is 79.9. The Labute approximate surface area is 84.0 Å². The molecule has 0 saturated carbocycles. The maximum Gasteiger partial charge on any atom is 0.288 e. The first-order chi connectivity index (χ1) is 5.75. The van der Waals surface area contributed by atoms with Crippen LogP contribution >= 0.6 is 27.7 Å². The van der Waals surface area contributed by atoms with E-state index in [9.17, 15) is 9.59 Å². The van der Waals surface area contributed by atoms with Crippen molar-refractivity contribution in [2.75, 3.05) is 17.6 Å². The average Bonchev–Trinajstić information content (AvgIpc) is 2.35. The Morgan fingerprint density at radius 3 is 2.67 bits per heavy atom. The number of amides is 2. The summed E-state index contributed by atoms with van der Waals surface area (Å²) < 4.78 is 0. The molecule has 5 heteroatoms. The lowest BCUT2D eigenvalue weighted by Gasteiger charge is -2.11. The second kappa shape index (κ2) is 4.87. The van der Waals surface area contributed by atoms with Crippen LogP contribution in [-0.4, -0.2) is 33.7 Å². The van der Waals surface area contributed by atoms with Gasteiger partial charge in [-0.2, -0.15) is 0 Å². The molecule has 3 nitrogen and oxygen atoms in total. The normalized spacial score (nSPS) is 17.6. The van der Waals surface area contributed by atoms with Crippen LogP contribution in [0.2, 0.25) is 0 Å². The van der Waals surface area contributed by atoms with Crippen molar-refractivity contribution in [3.8, 4) is 0 Å². The van der Waals surface area contributed by atoms with E-state index in [4.69, 9.17) is 0 Å². The van der Waals surface area contributed by atoms with Crippen molar-refractivity contribution >= 4 is 38.8 Å². The molecule has 0 radical (unpaired) electrons. The summed E-state index contributed by atoms with van der Waals surface area (Å²) in [6.07, 6.45) is 1.89. The zero-order valence-corrected chi connectivity index (χ0v) is 8.99. The summed E-state index contributed by atoms with van der Waals surface area (Å²) in [5, 5.41) is 0.839. The van der Waals surface area contributed by atoms with Crippen molar-refractivity contribution in [3.05, 3.63) is 0 Å². The van der Waals surface area contributed by atoms with E-state index in [0.717, 1.165) is 29.9 Å². The standard InChI is InChI=1S/C7H10BrNO2S/c8-3-1-2-4-9-6(10)5-12-7(9)11/h1-5H2. The van der Waals surface area contributed by atoms with Crippen molar-refractivity contribution in [1.82, 2.24) is 4.90 Å². The maximum absolute atomic E-state index is 11.1. The Morgan fingerprint density at radius 1 is 1.42 bits per heavy atom. The van der Waals surface area contributed by atoms with Gasteiger partial charge in [0.1, 0.15) is 0 Å². The lowest BCUT2D eigenvalue weighted by molar-refractivity contribution is -0.124. The van der Waals surface area contributed by atoms with Gasteiger partial charge < -0.3 is 0 Å². The van der Waals surface area contributed by atoms with Gasteiger partial charge in [-0.15, -0.1) is 0 Å². The number of carbonyl (C=O) groups is 2. The fourth-order valence-electron chi connectivity index (χ4n) is 0.962.